The van der Waals surface area contributed by atoms with Gasteiger partial charge < -0.3 is 5.73 Å². The molecule has 18 heavy (non-hydrogen) atoms. The summed E-state index contributed by atoms with van der Waals surface area (Å²) in [6, 6.07) is 1.52. The molecule has 0 radical (unpaired) electrons. The molecular weight excluding hydrogens is 276 g/mol. The highest BCUT2D eigenvalue weighted by Crippen LogP contribution is 2.21. The standard InChI is InChI=1S/C9H10F4N2O2S/c1-5-7(10)2-6(3-8(5)14)18(16,17)15-4-9(11,12)13/h2-3,15H,4,14H2,1H3. The maximum absolute atomic E-state index is 13.3. The topological polar surface area (TPSA) is 72.2 Å². The second-order valence-corrected chi connectivity index (χ2v) is 5.33. The predicted molar refractivity (Wildman–Crippen MR) is 56.8 cm³/mol. The van der Waals surface area contributed by atoms with Gasteiger partial charge in [0, 0.05) is 11.3 Å². The molecule has 0 amide bonds. The summed E-state index contributed by atoms with van der Waals surface area (Å²) in [5.74, 6) is -0.901. The third-order valence-corrected chi connectivity index (χ3v) is 3.51. The lowest BCUT2D eigenvalue weighted by Gasteiger charge is -2.11. The van der Waals surface area contributed by atoms with Crippen LogP contribution in [0.15, 0.2) is 17.0 Å². The predicted octanol–water partition coefficient (Wildman–Crippen LogP) is 1.56. The van der Waals surface area contributed by atoms with Crippen molar-refractivity contribution in [2.45, 2.75) is 18.0 Å². The van der Waals surface area contributed by atoms with Gasteiger partial charge in [0.1, 0.15) is 12.4 Å². The van der Waals surface area contributed by atoms with Crippen molar-refractivity contribution in [1.29, 1.82) is 0 Å². The SMILES string of the molecule is Cc1c(N)cc(S(=O)(=O)NCC(F)(F)F)cc1F. The second kappa shape index (κ2) is 4.73. The van der Waals surface area contributed by atoms with E-state index in [9.17, 15) is 26.0 Å². The molecule has 3 N–H and O–H groups in total. The lowest BCUT2D eigenvalue weighted by Crippen LogP contribution is -2.33. The number of sulfonamides is 1. The molecule has 0 aliphatic rings. The number of anilines is 1. The van der Waals surface area contributed by atoms with E-state index in [0.29, 0.717) is 6.07 Å². The molecule has 0 saturated carbocycles. The molecule has 0 unspecified atom stereocenters. The van der Waals surface area contributed by atoms with Gasteiger partial charge in [-0.3, -0.25) is 0 Å². The minimum Gasteiger partial charge on any atom is -0.398 e. The number of alkyl halides is 3. The Kier molecular flexibility index (Phi) is 3.86. The summed E-state index contributed by atoms with van der Waals surface area (Å²) in [5.41, 5.74) is 5.23. The van der Waals surface area contributed by atoms with Crippen LogP contribution in [0.25, 0.3) is 0 Å². The van der Waals surface area contributed by atoms with E-state index in [0.717, 1.165) is 6.07 Å². The summed E-state index contributed by atoms with van der Waals surface area (Å²) in [4.78, 5) is -0.646. The molecule has 102 valence electrons. The first kappa shape index (κ1) is 14.7. The average molecular weight is 286 g/mol. The summed E-state index contributed by atoms with van der Waals surface area (Å²) in [6.45, 7) is -0.408. The van der Waals surface area contributed by atoms with Crippen LogP contribution in [0.1, 0.15) is 5.56 Å². The molecule has 0 aliphatic heterocycles. The molecule has 0 bridgehead atoms. The van der Waals surface area contributed by atoms with Crippen LogP contribution in [-0.2, 0) is 10.0 Å². The van der Waals surface area contributed by atoms with Gasteiger partial charge in [-0.25, -0.2) is 17.5 Å². The number of nitrogen functional groups attached to an aromatic ring is 1. The average Bonchev–Trinajstić information content (AvgIpc) is 2.21. The lowest BCUT2D eigenvalue weighted by atomic mass is 10.2. The quantitative estimate of drug-likeness (QED) is 0.654. The van der Waals surface area contributed by atoms with Crippen LogP contribution in [0.5, 0.6) is 0 Å². The van der Waals surface area contributed by atoms with Gasteiger partial charge >= 0.3 is 6.18 Å². The van der Waals surface area contributed by atoms with Crippen molar-refractivity contribution >= 4 is 15.7 Å². The molecule has 4 nitrogen and oxygen atoms in total. The number of rotatable bonds is 3. The number of hydrogen-bond donors (Lipinski definition) is 2. The van der Waals surface area contributed by atoms with Crippen LogP contribution in [0.3, 0.4) is 0 Å². The van der Waals surface area contributed by atoms with Gasteiger partial charge in [0.2, 0.25) is 10.0 Å². The fourth-order valence-electron chi connectivity index (χ4n) is 1.09. The zero-order chi connectivity index (χ0) is 14.1. The van der Waals surface area contributed by atoms with Crippen molar-refractivity contribution < 1.29 is 26.0 Å². The maximum Gasteiger partial charge on any atom is 0.402 e. The van der Waals surface area contributed by atoms with Crippen LogP contribution < -0.4 is 10.5 Å². The molecule has 0 aliphatic carbocycles. The van der Waals surface area contributed by atoms with Crippen molar-refractivity contribution in [2.75, 3.05) is 12.3 Å². The van der Waals surface area contributed by atoms with Crippen LogP contribution in [-0.4, -0.2) is 21.1 Å². The van der Waals surface area contributed by atoms with Crippen molar-refractivity contribution in [3.63, 3.8) is 0 Å². The molecule has 1 aromatic rings. The summed E-state index contributed by atoms with van der Waals surface area (Å²) < 4.78 is 73.2. The van der Waals surface area contributed by atoms with Gasteiger partial charge in [0.05, 0.1) is 4.90 Å². The first-order valence-electron chi connectivity index (χ1n) is 4.65. The highest BCUT2D eigenvalue weighted by Gasteiger charge is 2.30. The highest BCUT2D eigenvalue weighted by molar-refractivity contribution is 7.89. The molecule has 9 heteroatoms. The van der Waals surface area contributed by atoms with E-state index in [1.807, 2.05) is 0 Å². The maximum atomic E-state index is 13.3. The largest absolute Gasteiger partial charge is 0.402 e. The van der Waals surface area contributed by atoms with E-state index in [-0.39, 0.29) is 11.3 Å². The van der Waals surface area contributed by atoms with E-state index in [1.54, 1.807) is 0 Å². The Labute approximate surface area is 101 Å². The van der Waals surface area contributed by atoms with Gasteiger partial charge in [0.15, 0.2) is 0 Å². The molecule has 0 aromatic heterocycles. The highest BCUT2D eigenvalue weighted by atomic mass is 32.2. The first-order valence-corrected chi connectivity index (χ1v) is 6.13. The van der Waals surface area contributed by atoms with Crippen LogP contribution in [0, 0.1) is 12.7 Å². The van der Waals surface area contributed by atoms with Gasteiger partial charge in [0.25, 0.3) is 0 Å². The second-order valence-electron chi connectivity index (χ2n) is 3.56. The third-order valence-electron chi connectivity index (χ3n) is 2.13. The van der Waals surface area contributed by atoms with Crippen molar-refractivity contribution in [2.24, 2.45) is 0 Å². The molecule has 0 spiro atoms. The Morgan fingerprint density at radius 1 is 1.33 bits per heavy atom. The normalized spacial score (nSPS) is 12.7. The van der Waals surface area contributed by atoms with Crippen LogP contribution >= 0.6 is 0 Å². The van der Waals surface area contributed by atoms with Gasteiger partial charge in [-0.2, -0.15) is 13.2 Å². The fourth-order valence-corrected chi connectivity index (χ4v) is 2.15. The van der Waals surface area contributed by atoms with E-state index in [2.05, 4.69) is 0 Å². The molecule has 0 fully saturated rings. The Balaban J connectivity index is 3.07. The Morgan fingerprint density at radius 3 is 2.33 bits per heavy atom. The zero-order valence-corrected chi connectivity index (χ0v) is 9.99. The van der Waals surface area contributed by atoms with Crippen molar-refractivity contribution in [1.82, 2.24) is 4.72 Å². The summed E-state index contributed by atoms with van der Waals surface area (Å²) in [6.07, 6.45) is -4.69. The molecule has 1 rings (SSSR count). The molecule has 0 saturated heterocycles. The van der Waals surface area contributed by atoms with Crippen LogP contribution in [0.4, 0.5) is 23.2 Å². The fraction of sp³-hybridized carbons (Fsp3) is 0.333. The van der Waals surface area contributed by atoms with Crippen LogP contribution in [0.2, 0.25) is 0 Å². The van der Waals surface area contributed by atoms with Crippen molar-refractivity contribution in [3.8, 4) is 0 Å². The van der Waals surface area contributed by atoms with Gasteiger partial charge in [-0.05, 0) is 19.1 Å². The Bertz CT molecular complexity index is 531. The Hall–Kier alpha value is -1.35. The minimum atomic E-state index is -4.69. The number of nitrogens with one attached hydrogen (secondary N) is 1. The zero-order valence-electron chi connectivity index (χ0n) is 9.18. The molecular formula is C9H10F4N2O2S. The number of hydrogen-bond acceptors (Lipinski definition) is 3. The van der Waals surface area contributed by atoms with E-state index >= 15 is 0 Å². The van der Waals surface area contributed by atoms with Gasteiger partial charge in [-0.1, -0.05) is 0 Å². The summed E-state index contributed by atoms with van der Waals surface area (Å²) in [5, 5.41) is 0. The number of nitrogens with two attached hydrogens (primary N) is 1. The molecule has 0 heterocycles. The van der Waals surface area contributed by atoms with Gasteiger partial charge in [-0.15, -0.1) is 0 Å². The molecule has 1 aromatic carbocycles. The number of halogens is 4. The van der Waals surface area contributed by atoms with E-state index < -0.39 is 33.5 Å². The van der Waals surface area contributed by atoms with E-state index in [4.69, 9.17) is 5.73 Å². The Morgan fingerprint density at radius 2 is 1.89 bits per heavy atom. The third kappa shape index (κ3) is 3.57. The smallest absolute Gasteiger partial charge is 0.398 e. The van der Waals surface area contributed by atoms with Crippen molar-refractivity contribution in [3.05, 3.63) is 23.5 Å². The first-order chi connectivity index (χ1) is 8.03. The summed E-state index contributed by atoms with van der Waals surface area (Å²) >= 11 is 0. The molecule has 0 atom stereocenters. The summed E-state index contributed by atoms with van der Waals surface area (Å²) in [7, 11) is -4.45. The minimum absolute atomic E-state index is 0.0322. The lowest BCUT2D eigenvalue weighted by molar-refractivity contribution is -0.121. The number of benzene rings is 1. The van der Waals surface area contributed by atoms with E-state index in [1.165, 1.54) is 11.6 Å². The monoisotopic (exact) mass is 286 g/mol.